The Morgan fingerprint density at radius 2 is 1.39 bits per heavy atom. The summed E-state index contributed by atoms with van der Waals surface area (Å²) in [6.07, 6.45) is 0.838. The van der Waals surface area contributed by atoms with Crippen molar-refractivity contribution in [2.24, 2.45) is 0 Å². The molecule has 0 bridgehead atoms. The number of carbonyl (C=O) groups is 2. The average molecular weight is 562 g/mol. The number of benzene rings is 3. The van der Waals surface area contributed by atoms with E-state index in [9.17, 15) is 9.59 Å². The van der Waals surface area contributed by atoms with Gasteiger partial charge in [0.15, 0.2) is 0 Å². The summed E-state index contributed by atoms with van der Waals surface area (Å²) in [6, 6.07) is 20.6. The van der Waals surface area contributed by atoms with Crippen LogP contribution in [0.3, 0.4) is 0 Å². The van der Waals surface area contributed by atoms with Crippen molar-refractivity contribution in [3.05, 3.63) is 77.4 Å². The van der Waals surface area contributed by atoms with Gasteiger partial charge in [0, 0.05) is 34.0 Å². The summed E-state index contributed by atoms with van der Waals surface area (Å²) >= 11 is 0. The second-order valence-corrected chi connectivity index (χ2v) is 9.32. The maximum absolute atomic E-state index is 12.9. The molecule has 0 radical (unpaired) electrons. The van der Waals surface area contributed by atoms with Crippen molar-refractivity contribution in [3.63, 3.8) is 0 Å². The summed E-state index contributed by atoms with van der Waals surface area (Å²) in [5.74, 6) is -0.692. The highest BCUT2D eigenvalue weighted by molar-refractivity contribution is 6.26. The first kappa shape index (κ1) is 30.1. The molecular formula is C31H35N3O7. The van der Waals surface area contributed by atoms with Crippen LogP contribution in [-0.2, 0) is 23.7 Å². The predicted molar refractivity (Wildman–Crippen MR) is 152 cm³/mol. The number of anilines is 1. The standard InChI is InChI=1S/C31H35N3O7/c32-13-5-10-28(23-6-2-1-3-7-23)41-22-40-21-20-39-19-18-38-17-16-37-15-14-34-30(35)25-9-4-8-24-27(33)12-11-26(29(24)25)31(34)36/h1-4,6-9,11-12,28H,5,10,14-22,33H2. The highest BCUT2D eigenvalue weighted by Crippen LogP contribution is 2.33. The van der Waals surface area contributed by atoms with Gasteiger partial charge in [0.1, 0.15) is 6.79 Å². The van der Waals surface area contributed by atoms with Crippen LogP contribution in [-0.4, -0.2) is 76.3 Å². The molecule has 3 aromatic rings. The smallest absolute Gasteiger partial charge is 0.261 e. The summed E-state index contributed by atoms with van der Waals surface area (Å²) in [5.41, 5.74) is 8.53. The van der Waals surface area contributed by atoms with Crippen molar-refractivity contribution in [2.45, 2.75) is 18.9 Å². The summed E-state index contributed by atoms with van der Waals surface area (Å²) in [5, 5.41) is 10.2. The Balaban J connectivity index is 1.02. The van der Waals surface area contributed by atoms with Gasteiger partial charge in [-0.3, -0.25) is 14.5 Å². The zero-order valence-corrected chi connectivity index (χ0v) is 23.0. The minimum atomic E-state index is -0.346. The molecule has 2 N–H and O–H groups in total. The monoisotopic (exact) mass is 561 g/mol. The van der Waals surface area contributed by atoms with Crippen LogP contribution in [0.1, 0.15) is 45.2 Å². The molecule has 1 atom stereocenters. The molecule has 1 aliphatic heterocycles. The fourth-order valence-electron chi connectivity index (χ4n) is 4.59. The van der Waals surface area contributed by atoms with Crippen LogP contribution in [0, 0.1) is 11.3 Å². The Kier molecular flexibility index (Phi) is 11.6. The van der Waals surface area contributed by atoms with E-state index >= 15 is 0 Å². The Morgan fingerprint density at radius 3 is 2.07 bits per heavy atom. The maximum Gasteiger partial charge on any atom is 0.261 e. The van der Waals surface area contributed by atoms with E-state index < -0.39 is 0 Å². The largest absolute Gasteiger partial charge is 0.398 e. The number of hydrogen-bond donors (Lipinski definition) is 1. The summed E-state index contributed by atoms with van der Waals surface area (Å²) in [7, 11) is 0. The van der Waals surface area contributed by atoms with Gasteiger partial charge in [0.2, 0.25) is 0 Å². The third-order valence-corrected chi connectivity index (χ3v) is 6.64. The Hall–Kier alpha value is -3.85. The van der Waals surface area contributed by atoms with E-state index in [2.05, 4.69) is 6.07 Å². The lowest BCUT2D eigenvalue weighted by atomic mass is 9.93. The van der Waals surface area contributed by atoms with Crippen LogP contribution in [0.15, 0.2) is 60.7 Å². The van der Waals surface area contributed by atoms with E-state index in [-0.39, 0.29) is 37.9 Å². The number of imide groups is 1. The van der Waals surface area contributed by atoms with Gasteiger partial charge in [-0.05, 0) is 30.2 Å². The van der Waals surface area contributed by atoms with Crippen LogP contribution in [0.4, 0.5) is 5.69 Å². The van der Waals surface area contributed by atoms with E-state index in [1.54, 1.807) is 24.3 Å². The van der Waals surface area contributed by atoms with Crippen molar-refractivity contribution in [3.8, 4) is 6.07 Å². The zero-order valence-electron chi connectivity index (χ0n) is 23.0. The number of nitrogens with zero attached hydrogens (tertiary/aromatic N) is 2. The molecule has 4 rings (SSSR count). The first-order valence-corrected chi connectivity index (χ1v) is 13.6. The number of amides is 2. The fourth-order valence-corrected chi connectivity index (χ4v) is 4.59. The predicted octanol–water partition coefficient (Wildman–Crippen LogP) is 4.10. The van der Waals surface area contributed by atoms with Gasteiger partial charge in [-0.15, -0.1) is 0 Å². The van der Waals surface area contributed by atoms with Crippen LogP contribution >= 0.6 is 0 Å². The molecule has 0 spiro atoms. The van der Waals surface area contributed by atoms with Crippen molar-refractivity contribution in [2.75, 3.05) is 65.3 Å². The van der Waals surface area contributed by atoms with Gasteiger partial charge in [-0.2, -0.15) is 5.26 Å². The molecular weight excluding hydrogens is 526 g/mol. The van der Waals surface area contributed by atoms with Crippen LogP contribution < -0.4 is 5.73 Å². The Morgan fingerprint density at radius 1 is 0.756 bits per heavy atom. The first-order chi connectivity index (χ1) is 20.1. The fraction of sp³-hybridized carbons (Fsp3) is 0.387. The van der Waals surface area contributed by atoms with Gasteiger partial charge >= 0.3 is 0 Å². The molecule has 0 aliphatic carbocycles. The van der Waals surface area contributed by atoms with Gasteiger partial charge in [0.25, 0.3) is 11.8 Å². The van der Waals surface area contributed by atoms with Crippen molar-refractivity contribution in [1.29, 1.82) is 5.26 Å². The number of nitriles is 1. The Labute approximate surface area is 239 Å². The van der Waals surface area contributed by atoms with E-state index in [1.807, 2.05) is 36.4 Å². The molecule has 216 valence electrons. The number of rotatable bonds is 18. The third kappa shape index (κ3) is 8.10. The highest BCUT2D eigenvalue weighted by Gasteiger charge is 2.32. The number of carbonyl (C=O) groups excluding carboxylic acids is 2. The van der Waals surface area contributed by atoms with Gasteiger partial charge in [-0.25, -0.2) is 0 Å². The molecule has 1 unspecified atom stereocenters. The minimum Gasteiger partial charge on any atom is -0.398 e. The molecule has 1 aliphatic rings. The molecule has 0 aromatic heterocycles. The molecule has 2 amide bonds. The maximum atomic E-state index is 12.9. The molecule has 10 nitrogen and oxygen atoms in total. The third-order valence-electron chi connectivity index (χ3n) is 6.64. The molecule has 0 fully saturated rings. The average Bonchev–Trinajstić information content (AvgIpc) is 3.00. The topological polar surface area (TPSA) is 133 Å². The van der Waals surface area contributed by atoms with Gasteiger partial charge in [-0.1, -0.05) is 42.5 Å². The summed E-state index contributed by atoms with van der Waals surface area (Å²) in [6.45, 7) is 2.75. The van der Waals surface area contributed by atoms with E-state index in [4.69, 9.17) is 34.7 Å². The number of hydrogen-bond acceptors (Lipinski definition) is 9. The molecule has 0 saturated carbocycles. The summed E-state index contributed by atoms with van der Waals surface area (Å²) < 4.78 is 27.9. The zero-order chi connectivity index (χ0) is 28.9. The lowest BCUT2D eigenvalue weighted by Gasteiger charge is -2.27. The first-order valence-electron chi connectivity index (χ1n) is 13.6. The number of nitrogen functional groups attached to an aromatic ring is 1. The van der Waals surface area contributed by atoms with Crippen molar-refractivity contribution in [1.82, 2.24) is 4.90 Å². The molecule has 0 saturated heterocycles. The van der Waals surface area contributed by atoms with E-state index in [0.29, 0.717) is 80.1 Å². The molecule has 3 aromatic carbocycles. The number of nitrogens with two attached hydrogens (primary N) is 1. The SMILES string of the molecule is N#CCCC(OCOCCOCCOCCOCCN1C(=O)c2cccc3c(N)ccc(c23)C1=O)c1ccccc1. The molecule has 10 heteroatoms. The summed E-state index contributed by atoms with van der Waals surface area (Å²) in [4.78, 5) is 27.1. The second kappa shape index (κ2) is 15.8. The number of ether oxygens (including phenoxy) is 5. The molecule has 1 heterocycles. The van der Waals surface area contributed by atoms with E-state index in [1.165, 1.54) is 4.90 Å². The van der Waals surface area contributed by atoms with Crippen molar-refractivity contribution < 1.29 is 33.3 Å². The Bertz CT molecular complexity index is 1320. The van der Waals surface area contributed by atoms with E-state index in [0.717, 1.165) is 5.56 Å². The lowest BCUT2D eigenvalue weighted by molar-refractivity contribution is -0.104. The van der Waals surface area contributed by atoms with Gasteiger partial charge < -0.3 is 29.4 Å². The molecule has 41 heavy (non-hydrogen) atoms. The lowest BCUT2D eigenvalue weighted by Crippen LogP contribution is -2.42. The minimum absolute atomic E-state index is 0.119. The second-order valence-electron chi connectivity index (χ2n) is 9.32. The van der Waals surface area contributed by atoms with Crippen LogP contribution in [0.2, 0.25) is 0 Å². The highest BCUT2D eigenvalue weighted by atomic mass is 16.7. The quantitative estimate of drug-likeness (QED) is 0.105. The van der Waals surface area contributed by atoms with Crippen LogP contribution in [0.5, 0.6) is 0 Å². The normalized spacial score (nSPS) is 13.5. The van der Waals surface area contributed by atoms with Gasteiger partial charge in [0.05, 0.1) is 65.0 Å². The van der Waals surface area contributed by atoms with Crippen molar-refractivity contribution >= 4 is 28.3 Å². The van der Waals surface area contributed by atoms with Crippen LogP contribution in [0.25, 0.3) is 10.8 Å².